The van der Waals surface area contributed by atoms with Gasteiger partial charge in [-0.3, -0.25) is 14.9 Å². The van der Waals surface area contributed by atoms with Crippen LogP contribution >= 0.6 is 15.9 Å². The normalized spacial score (nSPS) is 10.2. The number of nitrogens with one attached hydrogen (secondary N) is 1. The van der Waals surface area contributed by atoms with Crippen molar-refractivity contribution >= 4 is 33.2 Å². The molecule has 0 spiro atoms. The molecule has 0 saturated heterocycles. The lowest BCUT2D eigenvalue weighted by molar-refractivity contribution is -0.384. The Morgan fingerprint density at radius 1 is 1.21 bits per heavy atom. The lowest BCUT2D eigenvalue weighted by Crippen LogP contribution is -2.13. The van der Waals surface area contributed by atoms with E-state index in [1.54, 1.807) is 19.1 Å². The standard InChI is InChI=1S/C16H15BrN2O5/c1-9-4-5-12(13(6-9)19(21)22)18-16(20)10-7-11(17)15(24-3)14(8-10)23-2/h4-8H,1-3H3,(H,18,20). The van der Waals surface area contributed by atoms with E-state index in [9.17, 15) is 14.9 Å². The zero-order valence-electron chi connectivity index (χ0n) is 13.3. The monoisotopic (exact) mass is 394 g/mol. The van der Waals surface area contributed by atoms with Crippen molar-refractivity contribution in [3.05, 3.63) is 56.0 Å². The molecule has 2 aromatic carbocycles. The van der Waals surface area contributed by atoms with Crippen molar-refractivity contribution in [3.8, 4) is 11.5 Å². The minimum atomic E-state index is -0.535. The molecule has 1 N–H and O–H groups in total. The molecule has 0 aliphatic heterocycles. The fourth-order valence-electron chi connectivity index (χ4n) is 2.14. The summed E-state index contributed by atoms with van der Waals surface area (Å²) in [6, 6.07) is 7.64. The minimum absolute atomic E-state index is 0.126. The van der Waals surface area contributed by atoms with Gasteiger partial charge in [0.2, 0.25) is 0 Å². The zero-order valence-corrected chi connectivity index (χ0v) is 14.8. The Bertz CT molecular complexity index is 807. The zero-order chi connectivity index (χ0) is 17.9. The minimum Gasteiger partial charge on any atom is -0.493 e. The average Bonchev–Trinajstić information content (AvgIpc) is 2.55. The molecule has 7 nitrogen and oxygen atoms in total. The van der Waals surface area contributed by atoms with Crippen molar-refractivity contribution in [1.82, 2.24) is 0 Å². The van der Waals surface area contributed by atoms with Gasteiger partial charge in [0.05, 0.1) is 23.6 Å². The van der Waals surface area contributed by atoms with E-state index in [1.165, 1.54) is 32.4 Å². The molecule has 0 heterocycles. The second-order valence-corrected chi connectivity index (χ2v) is 5.78. The van der Waals surface area contributed by atoms with Crippen molar-refractivity contribution in [3.63, 3.8) is 0 Å². The number of hydrogen-bond donors (Lipinski definition) is 1. The number of nitro benzene ring substituents is 1. The Hall–Kier alpha value is -2.61. The molecule has 0 atom stereocenters. The lowest BCUT2D eigenvalue weighted by atomic mass is 10.1. The maximum Gasteiger partial charge on any atom is 0.293 e. The number of amides is 1. The Labute approximate surface area is 146 Å². The van der Waals surface area contributed by atoms with Crippen LogP contribution in [-0.2, 0) is 0 Å². The molecule has 0 saturated carbocycles. The van der Waals surface area contributed by atoms with Gasteiger partial charge < -0.3 is 14.8 Å². The van der Waals surface area contributed by atoms with Crippen LogP contribution in [-0.4, -0.2) is 25.1 Å². The third-order valence-corrected chi connectivity index (χ3v) is 3.88. The van der Waals surface area contributed by atoms with Gasteiger partial charge in [0.25, 0.3) is 11.6 Å². The first-order valence-corrected chi connectivity index (χ1v) is 7.64. The molecule has 126 valence electrons. The Kier molecular flexibility index (Phi) is 5.40. The van der Waals surface area contributed by atoms with Gasteiger partial charge in [-0.05, 0) is 46.6 Å². The quantitative estimate of drug-likeness (QED) is 0.612. The molecule has 0 fully saturated rings. The summed E-state index contributed by atoms with van der Waals surface area (Å²) in [5.41, 5.74) is 0.965. The molecule has 0 unspecified atom stereocenters. The van der Waals surface area contributed by atoms with E-state index in [0.717, 1.165) is 5.56 Å². The number of aryl methyl sites for hydroxylation is 1. The number of rotatable bonds is 5. The number of nitrogens with zero attached hydrogens (tertiary/aromatic N) is 1. The summed E-state index contributed by atoms with van der Waals surface area (Å²) in [6.45, 7) is 1.74. The van der Waals surface area contributed by atoms with Crippen molar-refractivity contribution < 1.29 is 19.2 Å². The predicted octanol–water partition coefficient (Wildman–Crippen LogP) is 3.94. The average molecular weight is 395 g/mol. The van der Waals surface area contributed by atoms with Gasteiger partial charge >= 0.3 is 0 Å². The van der Waals surface area contributed by atoms with E-state index in [0.29, 0.717) is 16.0 Å². The number of carbonyl (C=O) groups is 1. The smallest absolute Gasteiger partial charge is 0.293 e. The van der Waals surface area contributed by atoms with Crippen LogP contribution in [0, 0.1) is 17.0 Å². The highest BCUT2D eigenvalue weighted by Gasteiger charge is 2.19. The summed E-state index contributed by atoms with van der Waals surface area (Å²) >= 11 is 3.31. The second-order valence-electron chi connectivity index (χ2n) is 4.93. The number of nitro groups is 1. The van der Waals surface area contributed by atoms with E-state index in [4.69, 9.17) is 9.47 Å². The van der Waals surface area contributed by atoms with Crippen LogP contribution in [0.2, 0.25) is 0 Å². The molecule has 0 aliphatic carbocycles. The summed E-state index contributed by atoms with van der Waals surface area (Å²) in [6.07, 6.45) is 0. The van der Waals surface area contributed by atoms with Crippen LogP contribution in [0.4, 0.5) is 11.4 Å². The van der Waals surface area contributed by atoms with Gasteiger partial charge in [-0.2, -0.15) is 0 Å². The van der Waals surface area contributed by atoms with Crippen LogP contribution in [0.1, 0.15) is 15.9 Å². The number of anilines is 1. The number of halogens is 1. The van der Waals surface area contributed by atoms with Gasteiger partial charge in [-0.15, -0.1) is 0 Å². The lowest BCUT2D eigenvalue weighted by Gasteiger charge is -2.12. The topological polar surface area (TPSA) is 90.7 Å². The summed E-state index contributed by atoms with van der Waals surface area (Å²) < 4.78 is 10.9. The number of benzene rings is 2. The van der Waals surface area contributed by atoms with Gasteiger partial charge in [0, 0.05) is 11.6 Å². The van der Waals surface area contributed by atoms with Gasteiger partial charge in [-0.25, -0.2) is 0 Å². The third kappa shape index (κ3) is 3.65. The van der Waals surface area contributed by atoms with E-state index in [1.807, 2.05) is 0 Å². The van der Waals surface area contributed by atoms with Gasteiger partial charge in [0.1, 0.15) is 5.69 Å². The first kappa shape index (κ1) is 17.7. The van der Waals surface area contributed by atoms with Gasteiger partial charge in [0.15, 0.2) is 11.5 Å². The number of methoxy groups -OCH3 is 2. The van der Waals surface area contributed by atoms with Crippen molar-refractivity contribution in [2.45, 2.75) is 6.92 Å². The van der Waals surface area contributed by atoms with E-state index in [-0.39, 0.29) is 16.9 Å². The highest BCUT2D eigenvalue weighted by Crippen LogP contribution is 2.36. The van der Waals surface area contributed by atoms with E-state index in [2.05, 4.69) is 21.2 Å². The summed E-state index contributed by atoms with van der Waals surface area (Å²) in [7, 11) is 2.94. The van der Waals surface area contributed by atoms with E-state index >= 15 is 0 Å². The van der Waals surface area contributed by atoms with Crippen LogP contribution in [0.15, 0.2) is 34.8 Å². The Morgan fingerprint density at radius 2 is 1.92 bits per heavy atom. The second kappa shape index (κ2) is 7.31. The fraction of sp³-hybridized carbons (Fsp3) is 0.188. The fourth-order valence-corrected chi connectivity index (χ4v) is 2.75. The number of ether oxygens (including phenoxy) is 2. The maximum atomic E-state index is 12.4. The molecule has 0 radical (unpaired) electrons. The highest BCUT2D eigenvalue weighted by atomic mass is 79.9. The van der Waals surface area contributed by atoms with Crippen molar-refractivity contribution in [2.24, 2.45) is 0 Å². The molecule has 0 aliphatic rings. The van der Waals surface area contributed by atoms with Gasteiger partial charge in [-0.1, -0.05) is 6.07 Å². The third-order valence-electron chi connectivity index (χ3n) is 3.29. The molecule has 2 rings (SSSR count). The molecule has 1 amide bonds. The summed E-state index contributed by atoms with van der Waals surface area (Å²) in [5.74, 6) is 0.328. The molecule has 24 heavy (non-hydrogen) atoms. The molecule has 0 aromatic heterocycles. The van der Waals surface area contributed by atoms with Crippen LogP contribution in [0.3, 0.4) is 0 Å². The highest BCUT2D eigenvalue weighted by molar-refractivity contribution is 9.10. The molecular formula is C16H15BrN2O5. The van der Waals surface area contributed by atoms with Crippen LogP contribution in [0.25, 0.3) is 0 Å². The largest absolute Gasteiger partial charge is 0.493 e. The predicted molar refractivity (Wildman–Crippen MR) is 93.0 cm³/mol. The van der Waals surface area contributed by atoms with Crippen molar-refractivity contribution in [2.75, 3.05) is 19.5 Å². The Morgan fingerprint density at radius 3 is 2.50 bits per heavy atom. The summed E-state index contributed by atoms with van der Waals surface area (Å²) in [4.78, 5) is 23.0. The number of hydrogen-bond acceptors (Lipinski definition) is 5. The Balaban J connectivity index is 2.38. The summed E-state index contributed by atoms with van der Waals surface area (Å²) in [5, 5.41) is 13.7. The van der Waals surface area contributed by atoms with Crippen LogP contribution in [0.5, 0.6) is 11.5 Å². The molecule has 8 heteroatoms. The molecule has 0 bridgehead atoms. The first-order valence-electron chi connectivity index (χ1n) is 6.85. The molecular weight excluding hydrogens is 380 g/mol. The maximum absolute atomic E-state index is 12.4. The van der Waals surface area contributed by atoms with Crippen LogP contribution < -0.4 is 14.8 Å². The van der Waals surface area contributed by atoms with Crippen molar-refractivity contribution in [1.29, 1.82) is 0 Å². The first-order chi connectivity index (χ1) is 11.4. The SMILES string of the molecule is COc1cc(C(=O)Nc2ccc(C)cc2[N+](=O)[O-])cc(Br)c1OC. The van der Waals surface area contributed by atoms with E-state index < -0.39 is 10.8 Å². The molecule has 2 aromatic rings. The number of carbonyl (C=O) groups excluding carboxylic acids is 1.